The van der Waals surface area contributed by atoms with Crippen LogP contribution < -0.4 is 4.90 Å². The van der Waals surface area contributed by atoms with Gasteiger partial charge in [0.2, 0.25) is 0 Å². The van der Waals surface area contributed by atoms with Crippen LogP contribution in [0.4, 0.5) is 5.13 Å². The molecule has 1 fully saturated rings. The summed E-state index contributed by atoms with van der Waals surface area (Å²) in [5, 5.41) is 11.6. The Bertz CT molecular complexity index is 635. The molecule has 2 heterocycles. The summed E-state index contributed by atoms with van der Waals surface area (Å²) < 4.78 is 5.41. The van der Waals surface area contributed by atoms with Crippen LogP contribution in [0.15, 0.2) is 35.7 Å². The van der Waals surface area contributed by atoms with Crippen molar-refractivity contribution in [3.8, 4) is 11.3 Å². The first-order valence-corrected chi connectivity index (χ1v) is 7.55. The second-order valence-corrected chi connectivity index (χ2v) is 6.21. The molecule has 3 rings (SSSR count). The van der Waals surface area contributed by atoms with Crippen molar-refractivity contribution in [2.24, 2.45) is 0 Å². The van der Waals surface area contributed by atoms with Crippen LogP contribution in [0.5, 0.6) is 0 Å². The molecule has 1 aliphatic heterocycles. The quantitative estimate of drug-likeness (QED) is 0.919. The SMILES string of the molecule is CC1(OCC(=O)O)CN(c2nc(-c3ccccc3)cs2)C1. The third-order valence-electron chi connectivity index (χ3n) is 3.43. The number of nitrogens with zero attached hydrogens (tertiary/aromatic N) is 2. The fourth-order valence-electron chi connectivity index (χ4n) is 2.37. The zero-order valence-corrected chi connectivity index (χ0v) is 12.5. The topological polar surface area (TPSA) is 62.7 Å². The molecular formula is C15H16N2O3S. The van der Waals surface area contributed by atoms with Crippen molar-refractivity contribution in [3.63, 3.8) is 0 Å². The lowest BCUT2D eigenvalue weighted by Crippen LogP contribution is -2.62. The summed E-state index contributed by atoms with van der Waals surface area (Å²) in [5.41, 5.74) is 1.68. The van der Waals surface area contributed by atoms with E-state index in [1.54, 1.807) is 11.3 Å². The monoisotopic (exact) mass is 304 g/mol. The van der Waals surface area contributed by atoms with Gasteiger partial charge < -0.3 is 14.7 Å². The number of carboxylic acids is 1. The van der Waals surface area contributed by atoms with E-state index in [1.165, 1.54) is 0 Å². The van der Waals surface area contributed by atoms with Crippen molar-refractivity contribution in [3.05, 3.63) is 35.7 Å². The molecule has 0 amide bonds. The van der Waals surface area contributed by atoms with Gasteiger partial charge in [0.1, 0.15) is 12.2 Å². The Hall–Kier alpha value is -1.92. The summed E-state index contributed by atoms with van der Waals surface area (Å²) in [5.74, 6) is -0.935. The molecule has 0 spiro atoms. The smallest absolute Gasteiger partial charge is 0.329 e. The highest BCUT2D eigenvalue weighted by Crippen LogP contribution is 2.34. The molecule has 0 unspecified atom stereocenters. The second kappa shape index (κ2) is 5.46. The van der Waals surface area contributed by atoms with Crippen LogP contribution in [0.25, 0.3) is 11.3 Å². The minimum absolute atomic E-state index is 0.253. The Morgan fingerprint density at radius 1 is 1.43 bits per heavy atom. The summed E-state index contributed by atoms with van der Waals surface area (Å²) in [6.07, 6.45) is 0. The van der Waals surface area contributed by atoms with Gasteiger partial charge in [0.05, 0.1) is 18.8 Å². The molecule has 6 heteroatoms. The van der Waals surface area contributed by atoms with E-state index in [0.717, 1.165) is 16.4 Å². The molecule has 1 aliphatic rings. The van der Waals surface area contributed by atoms with Crippen LogP contribution in [0.3, 0.4) is 0 Å². The number of carbonyl (C=O) groups is 1. The van der Waals surface area contributed by atoms with Gasteiger partial charge in [-0.05, 0) is 6.92 Å². The molecule has 0 bridgehead atoms. The summed E-state index contributed by atoms with van der Waals surface area (Å²) in [6.45, 7) is 3.01. The van der Waals surface area contributed by atoms with Gasteiger partial charge >= 0.3 is 5.97 Å². The number of aliphatic carboxylic acids is 1. The summed E-state index contributed by atoms with van der Waals surface area (Å²) in [7, 11) is 0. The minimum atomic E-state index is -0.935. The number of carboxylic acid groups (broad SMARTS) is 1. The van der Waals surface area contributed by atoms with Gasteiger partial charge in [-0.25, -0.2) is 9.78 Å². The van der Waals surface area contributed by atoms with Crippen molar-refractivity contribution < 1.29 is 14.6 Å². The van der Waals surface area contributed by atoms with Crippen molar-refractivity contribution >= 4 is 22.4 Å². The van der Waals surface area contributed by atoms with E-state index in [4.69, 9.17) is 9.84 Å². The lowest BCUT2D eigenvalue weighted by atomic mass is 9.97. The molecular weight excluding hydrogens is 288 g/mol. The number of thiazole rings is 1. The molecule has 1 N–H and O–H groups in total. The van der Waals surface area contributed by atoms with Crippen molar-refractivity contribution in [2.45, 2.75) is 12.5 Å². The Labute approximate surface area is 126 Å². The maximum atomic E-state index is 10.5. The van der Waals surface area contributed by atoms with Crippen molar-refractivity contribution in [2.75, 3.05) is 24.6 Å². The van der Waals surface area contributed by atoms with Crippen LogP contribution in [0.1, 0.15) is 6.92 Å². The highest BCUT2D eigenvalue weighted by Gasteiger charge is 2.41. The molecule has 0 aliphatic carbocycles. The number of anilines is 1. The van der Waals surface area contributed by atoms with Gasteiger partial charge in [0.25, 0.3) is 0 Å². The zero-order chi connectivity index (χ0) is 14.9. The fourth-order valence-corrected chi connectivity index (χ4v) is 3.21. The van der Waals surface area contributed by atoms with Crippen molar-refractivity contribution in [1.82, 2.24) is 4.98 Å². The first kappa shape index (κ1) is 14.0. The Morgan fingerprint density at radius 3 is 2.81 bits per heavy atom. The van der Waals surface area contributed by atoms with Gasteiger partial charge in [-0.15, -0.1) is 11.3 Å². The van der Waals surface area contributed by atoms with Crippen LogP contribution in [0.2, 0.25) is 0 Å². The summed E-state index contributed by atoms with van der Waals surface area (Å²) >= 11 is 1.60. The molecule has 0 saturated carbocycles. The van der Waals surface area contributed by atoms with E-state index < -0.39 is 11.6 Å². The van der Waals surface area contributed by atoms with Gasteiger partial charge in [-0.3, -0.25) is 0 Å². The molecule has 0 atom stereocenters. The number of benzene rings is 1. The summed E-state index contributed by atoms with van der Waals surface area (Å²) in [6, 6.07) is 10.0. The number of hydrogen-bond acceptors (Lipinski definition) is 5. The molecule has 5 nitrogen and oxygen atoms in total. The van der Waals surface area contributed by atoms with Crippen LogP contribution >= 0.6 is 11.3 Å². The standard InChI is InChI=1S/C15H16N2O3S/c1-15(20-7-13(18)19)9-17(10-15)14-16-12(8-21-14)11-5-3-2-4-6-11/h2-6,8H,7,9-10H2,1H3,(H,18,19). The Kier molecular flexibility index (Phi) is 3.65. The predicted molar refractivity (Wildman–Crippen MR) is 81.8 cm³/mol. The zero-order valence-electron chi connectivity index (χ0n) is 11.7. The second-order valence-electron chi connectivity index (χ2n) is 5.37. The first-order valence-electron chi connectivity index (χ1n) is 6.67. The fraction of sp³-hybridized carbons (Fsp3) is 0.333. The van der Waals surface area contributed by atoms with E-state index in [-0.39, 0.29) is 6.61 Å². The predicted octanol–water partition coefficient (Wildman–Crippen LogP) is 2.49. The maximum Gasteiger partial charge on any atom is 0.329 e. The van der Waals surface area contributed by atoms with Gasteiger partial charge in [0.15, 0.2) is 5.13 Å². The van der Waals surface area contributed by atoms with Crippen molar-refractivity contribution in [1.29, 1.82) is 0 Å². The molecule has 110 valence electrons. The molecule has 2 aromatic rings. The molecule has 1 saturated heterocycles. The molecule has 1 aromatic carbocycles. The lowest BCUT2D eigenvalue weighted by molar-refractivity contribution is -0.150. The molecule has 21 heavy (non-hydrogen) atoms. The van der Waals surface area contributed by atoms with Gasteiger partial charge in [-0.1, -0.05) is 30.3 Å². The van der Waals surface area contributed by atoms with Crippen LogP contribution in [-0.2, 0) is 9.53 Å². The normalized spacial score (nSPS) is 16.5. The van der Waals surface area contributed by atoms with E-state index in [1.807, 2.05) is 42.6 Å². The third kappa shape index (κ3) is 3.06. The van der Waals surface area contributed by atoms with E-state index in [9.17, 15) is 4.79 Å². The number of ether oxygens (including phenoxy) is 1. The Morgan fingerprint density at radius 2 is 2.14 bits per heavy atom. The first-order chi connectivity index (χ1) is 10.1. The molecule has 1 aromatic heterocycles. The van der Waals surface area contributed by atoms with E-state index >= 15 is 0 Å². The van der Waals surface area contributed by atoms with E-state index in [2.05, 4.69) is 9.88 Å². The maximum absolute atomic E-state index is 10.5. The number of aromatic nitrogens is 1. The average Bonchev–Trinajstić information content (AvgIpc) is 2.92. The lowest BCUT2D eigenvalue weighted by Gasteiger charge is -2.47. The molecule has 0 radical (unpaired) electrons. The van der Waals surface area contributed by atoms with Gasteiger partial charge in [-0.2, -0.15) is 0 Å². The Balaban J connectivity index is 1.63. The third-order valence-corrected chi connectivity index (χ3v) is 4.33. The van der Waals surface area contributed by atoms with E-state index in [0.29, 0.717) is 13.1 Å². The largest absolute Gasteiger partial charge is 0.480 e. The minimum Gasteiger partial charge on any atom is -0.480 e. The highest BCUT2D eigenvalue weighted by atomic mass is 32.1. The summed E-state index contributed by atoms with van der Waals surface area (Å²) in [4.78, 5) is 17.3. The van der Waals surface area contributed by atoms with Crippen LogP contribution in [0, 0.1) is 0 Å². The number of hydrogen-bond donors (Lipinski definition) is 1. The van der Waals surface area contributed by atoms with Crippen LogP contribution in [-0.4, -0.2) is 41.4 Å². The number of rotatable bonds is 5. The van der Waals surface area contributed by atoms with Gasteiger partial charge in [0, 0.05) is 10.9 Å². The highest BCUT2D eigenvalue weighted by molar-refractivity contribution is 7.14. The average molecular weight is 304 g/mol.